The fraction of sp³-hybridized carbons (Fsp3) is 0.714. The molecule has 0 aliphatic carbocycles. The van der Waals surface area contributed by atoms with Crippen LogP contribution >= 0.6 is 11.3 Å². The molecule has 4 heteroatoms. The molecule has 0 radical (unpaired) electrons. The van der Waals surface area contributed by atoms with Crippen LogP contribution in [0.2, 0.25) is 0 Å². The van der Waals surface area contributed by atoms with E-state index in [0.717, 1.165) is 39.1 Å². The first-order chi connectivity index (χ1) is 8.78. The van der Waals surface area contributed by atoms with Crippen molar-refractivity contribution in [2.75, 3.05) is 32.9 Å². The molecule has 1 saturated heterocycles. The Balaban J connectivity index is 1.95. The predicted molar refractivity (Wildman–Crippen MR) is 74.8 cm³/mol. The minimum Gasteiger partial charge on any atom is -0.396 e. The monoisotopic (exact) mass is 269 g/mol. The van der Waals surface area contributed by atoms with E-state index in [1.807, 2.05) is 0 Å². The number of nitrogens with zero attached hydrogens (tertiary/aromatic N) is 1. The van der Waals surface area contributed by atoms with Gasteiger partial charge in [-0.15, -0.1) is 11.3 Å². The van der Waals surface area contributed by atoms with Gasteiger partial charge < -0.3 is 9.84 Å². The van der Waals surface area contributed by atoms with E-state index >= 15 is 0 Å². The van der Waals surface area contributed by atoms with Crippen molar-refractivity contribution in [3.63, 3.8) is 0 Å². The quantitative estimate of drug-likeness (QED) is 0.860. The van der Waals surface area contributed by atoms with Crippen molar-refractivity contribution in [3.8, 4) is 0 Å². The lowest BCUT2D eigenvalue weighted by Gasteiger charge is -2.39. The van der Waals surface area contributed by atoms with Crippen LogP contribution < -0.4 is 0 Å². The molecular weight excluding hydrogens is 246 g/mol. The third-order valence-corrected chi connectivity index (χ3v) is 4.57. The van der Waals surface area contributed by atoms with Gasteiger partial charge in [0.05, 0.1) is 13.2 Å². The average Bonchev–Trinajstić information content (AvgIpc) is 2.92. The molecule has 18 heavy (non-hydrogen) atoms. The summed E-state index contributed by atoms with van der Waals surface area (Å²) < 4.78 is 5.57. The largest absolute Gasteiger partial charge is 0.396 e. The maximum atomic E-state index is 9.71. The zero-order chi connectivity index (χ0) is 12.8. The van der Waals surface area contributed by atoms with Crippen LogP contribution in [0.15, 0.2) is 17.5 Å². The van der Waals surface area contributed by atoms with E-state index in [0.29, 0.717) is 6.61 Å². The first-order valence-electron chi connectivity index (χ1n) is 6.71. The van der Waals surface area contributed by atoms with Gasteiger partial charge >= 0.3 is 0 Å². The third-order valence-electron chi connectivity index (χ3n) is 3.71. The molecule has 0 saturated carbocycles. The zero-order valence-corrected chi connectivity index (χ0v) is 11.9. The second kappa shape index (κ2) is 6.66. The lowest BCUT2D eigenvalue weighted by molar-refractivity contribution is -0.0557. The molecule has 2 heterocycles. The molecule has 1 aromatic heterocycles. The summed E-state index contributed by atoms with van der Waals surface area (Å²) in [6.07, 6.45) is 2.14. The van der Waals surface area contributed by atoms with Crippen LogP contribution in [0.5, 0.6) is 0 Å². The second-order valence-electron chi connectivity index (χ2n) is 5.20. The number of rotatable bonds is 6. The summed E-state index contributed by atoms with van der Waals surface area (Å²) in [6.45, 7) is 6.88. The molecule has 1 N–H and O–H groups in total. The Hall–Kier alpha value is -0.420. The van der Waals surface area contributed by atoms with Crippen molar-refractivity contribution in [3.05, 3.63) is 22.4 Å². The summed E-state index contributed by atoms with van der Waals surface area (Å²) in [5.74, 6) is 0. The van der Waals surface area contributed by atoms with Crippen LogP contribution in [0.3, 0.4) is 0 Å². The smallest absolute Gasteiger partial charge is 0.0556 e. The molecule has 0 amide bonds. The number of thiophene rings is 1. The zero-order valence-electron chi connectivity index (χ0n) is 11.1. The van der Waals surface area contributed by atoms with Crippen molar-refractivity contribution >= 4 is 11.3 Å². The van der Waals surface area contributed by atoms with Crippen molar-refractivity contribution in [1.29, 1.82) is 0 Å². The van der Waals surface area contributed by atoms with Crippen LogP contribution in [0.25, 0.3) is 0 Å². The molecule has 0 spiro atoms. The highest BCUT2D eigenvalue weighted by atomic mass is 32.1. The molecule has 1 unspecified atom stereocenters. The van der Waals surface area contributed by atoms with Crippen molar-refractivity contribution in [2.24, 2.45) is 5.41 Å². The Kier molecular flexibility index (Phi) is 5.18. The predicted octanol–water partition coefficient (Wildman–Crippen LogP) is 2.36. The highest BCUT2D eigenvalue weighted by molar-refractivity contribution is 7.09. The van der Waals surface area contributed by atoms with Crippen molar-refractivity contribution in [2.45, 2.75) is 26.3 Å². The highest BCUT2D eigenvalue weighted by Gasteiger charge is 2.34. The number of aliphatic hydroxyl groups excluding tert-OH is 1. The summed E-state index contributed by atoms with van der Waals surface area (Å²) in [5, 5.41) is 11.8. The molecule has 0 aromatic carbocycles. The minimum atomic E-state index is -0.0501. The van der Waals surface area contributed by atoms with E-state index in [1.165, 1.54) is 4.88 Å². The normalized spacial score (nSPS) is 24.6. The highest BCUT2D eigenvalue weighted by Crippen LogP contribution is 2.29. The SMILES string of the molecule is CCN(Cc1cccs1)CC1(CO)CCCOC1. The molecule has 1 aromatic rings. The van der Waals surface area contributed by atoms with E-state index in [4.69, 9.17) is 4.74 Å². The standard InChI is InChI=1S/C14H23NO2S/c1-2-15(9-13-5-3-8-18-13)10-14(11-16)6-4-7-17-12-14/h3,5,8,16H,2,4,6-7,9-12H2,1H3. The number of hydrogen-bond donors (Lipinski definition) is 1. The maximum Gasteiger partial charge on any atom is 0.0556 e. The van der Waals surface area contributed by atoms with Crippen molar-refractivity contribution in [1.82, 2.24) is 4.90 Å². The minimum absolute atomic E-state index is 0.0501. The van der Waals surface area contributed by atoms with E-state index in [9.17, 15) is 5.11 Å². The van der Waals surface area contributed by atoms with E-state index < -0.39 is 0 Å². The molecule has 2 rings (SSSR count). The lowest BCUT2D eigenvalue weighted by Crippen LogP contribution is -2.45. The molecular formula is C14H23NO2S. The summed E-state index contributed by atoms with van der Waals surface area (Å²) in [7, 11) is 0. The Morgan fingerprint density at radius 3 is 3.00 bits per heavy atom. The Bertz CT molecular complexity index is 334. The van der Waals surface area contributed by atoms with Crippen LogP contribution in [0.1, 0.15) is 24.6 Å². The van der Waals surface area contributed by atoms with Gasteiger partial charge in [-0.25, -0.2) is 0 Å². The van der Waals surface area contributed by atoms with Crippen LogP contribution in [-0.2, 0) is 11.3 Å². The van der Waals surface area contributed by atoms with E-state index in [-0.39, 0.29) is 12.0 Å². The summed E-state index contributed by atoms with van der Waals surface area (Å²) in [5.41, 5.74) is -0.0501. The van der Waals surface area contributed by atoms with Gasteiger partial charge in [-0.05, 0) is 30.8 Å². The number of aliphatic hydroxyl groups is 1. The van der Waals surface area contributed by atoms with Crippen molar-refractivity contribution < 1.29 is 9.84 Å². The molecule has 3 nitrogen and oxygen atoms in total. The molecule has 1 aliphatic rings. The lowest BCUT2D eigenvalue weighted by atomic mass is 9.83. The molecule has 102 valence electrons. The molecule has 1 fully saturated rings. The van der Waals surface area contributed by atoms with Gasteiger partial charge in [0.15, 0.2) is 0 Å². The van der Waals surface area contributed by atoms with Gasteiger partial charge in [-0.3, -0.25) is 4.90 Å². The van der Waals surface area contributed by atoms with E-state index in [2.05, 4.69) is 29.3 Å². The Labute approximate surface area is 113 Å². The van der Waals surface area contributed by atoms with Gasteiger partial charge in [0.2, 0.25) is 0 Å². The van der Waals surface area contributed by atoms with Crippen LogP contribution in [0, 0.1) is 5.41 Å². The summed E-state index contributed by atoms with van der Waals surface area (Å²) in [6, 6.07) is 4.27. The first-order valence-corrected chi connectivity index (χ1v) is 7.59. The number of ether oxygens (including phenoxy) is 1. The van der Waals surface area contributed by atoms with Gasteiger partial charge in [-0.2, -0.15) is 0 Å². The average molecular weight is 269 g/mol. The second-order valence-corrected chi connectivity index (χ2v) is 6.23. The van der Waals surface area contributed by atoms with Crippen LogP contribution in [-0.4, -0.2) is 42.9 Å². The topological polar surface area (TPSA) is 32.7 Å². The Morgan fingerprint density at radius 2 is 2.44 bits per heavy atom. The molecule has 1 atom stereocenters. The number of hydrogen-bond acceptors (Lipinski definition) is 4. The maximum absolute atomic E-state index is 9.71. The summed E-state index contributed by atoms with van der Waals surface area (Å²) in [4.78, 5) is 3.80. The Morgan fingerprint density at radius 1 is 1.56 bits per heavy atom. The fourth-order valence-electron chi connectivity index (χ4n) is 2.59. The first kappa shape index (κ1) is 14.0. The third kappa shape index (κ3) is 3.54. The van der Waals surface area contributed by atoms with E-state index in [1.54, 1.807) is 11.3 Å². The van der Waals surface area contributed by atoms with Crippen LogP contribution in [0.4, 0.5) is 0 Å². The summed E-state index contributed by atoms with van der Waals surface area (Å²) >= 11 is 1.80. The van der Waals surface area contributed by atoms with Gasteiger partial charge in [0, 0.05) is 30.0 Å². The molecule has 0 bridgehead atoms. The van der Waals surface area contributed by atoms with Gasteiger partial charge in [-0.1, -0.05) is 13.0 Å². The van der Waals surface area contributed by atoms with Gasteiger partial charge in [0.25, 0.3) is 0 Å². The molecule has 1 aliphatic heterocycles. The van der Waals surface area contributed by atoms with Gasteiger partial charge in [0.1, 0.15) is 0 Å². The fourth-order valence-corrected chi connectivity index (χ4v) is 3.33.